The number of aryl methyl sites for hydroxylation is 1. The largest absolute Gasteiger partial charge is 0.356 e. The molecule has 0 aliphatic carbocycles. The Hall–Kier alpha value is -2.38. The number of hydrogen-bond acceptors (Lipinski definition) is 5. The number of thiazole rings is 1. The summed E-state index contributed by atoms with van der Waals surface area (Å²) in [5.41, 5.74) is 3.18. The van der Waals surface area contributed by atoms with Crippen molar-refractivity contribution in [3.8, 4) is 0 Å². The molecule has 2 N–H and O–H groups in total. The van der Waals surface area contributed by atoms with Gasteiger partial charge in [0.15, 0.2) is 5.13 Å². The van der Waals surface area contributed by atoms with Crippen molar-refractivity contribution in [3.05, 3.63) is 58.1 Å². The monoisotopic (exact) mass is 372 g/mol. The standard InChI is InChI=1S/C17H17ClN6S/c1-2-24-13(3-4-23-24)9-21-17-22-10-14(25-17)5-11-7-19-16-15(11)6-12(18)8-20-16/h3-4,6-8,10H,2,5,9H2,1H3,(H,19,20)(H,21,22). The predicted molar refractivity (Wildman–Crippen MR) is 101 cm³/mol. The normalized spacial score (nSPS) is 11.3. The van der Waals surface area contributed by atoms with Crippen LogP contribution in [0.15, 0.2) is 36.9 Å². The van der Waals surface area contributed by atoms with Crippen LogP contribution >= 0.6 is 22.9 Å². The minimum absolute atomic E-state index is 0.646. The van der Waals surface area contributed by atoms with E-state index in [2.05, 4.69) is 32.3 Å². The quantitative estimate of drug-likeness (QED) is 0.534. The van der Waals surface area contributed by atoms with E-state index in [-0.39, 0.29) is 0 Å². The second-order valence-corrected chi connectivity index (χ2v) is 7.22. The van der Waals surface area contributed by atoms with Crippen molar-refractivity contribution < 1.29 is 0 Å². The van der Waals surface area contributed by atoms with Gasteiger partial charge in [0.1, 0.15) is 5.65 Å². The molecule has 0 spiro atoms. The number of fused-ring (bicyclic) bond motifs is 1. The van der Waals surface area contributed by atoms with Crippen molar-refractivity contribution in [1.29, 1.82) is 0 Å². The molecule has 128 valence electrons. The number of rotatable bonds is 6. The third-order valence-electron chi connectivity index (χ3n) is 4.03. The Morgan fingerprint density at radius 1 is 1.32 bits per heavy atom. The van der Waals surface area contributed by atoms with E-state index in [0.717, 1.165) is 34.8 Å². The van der Waals surface area contributed by atoms with Gasteiger partial charge in [-0.3, -0.25) is 4.68 Å². The average molecular weight is 373 g/mol. The predicted octanol–water partition coefficient (Wildman–Crippen LogP) is 4.09. The number of nitrogens with zero attached hydrogens (tertiary/aromatic N) is 4. The van der Waals surface area contributed by atoms with Crippen LogP contribution in [-0.4, -0.2) is 24.7 Å². The van der Waals surface area contributed by atoms with Crippen LogP contribution in [-0.2, 0) is 19.5 Å². The van der Waals surface area contributed by atoms with E-state index in [1.807, 2.05) is 35.4 Å². The summed E-state index contributed by atoms with van der Waals surface area (Å²) in [4.78, 5) is 13.2. The van der Waals surface area contributed by atoms with Crippen LogP contribution < -0.4 is 5.32 Å². The van der Waals surface area contributed by atoms with E-state index >= 15 is 0 Å². The van der Waals surface area contributed by atoms with Crippen LogP contribution in [0.4, 0.5) is 5.13 Å². The SMILES string of the molecule is CCn1nccc1CNc1ncc(Cc2c[nH]c3ncc(Cl)cc23)s1. The summed E-state index contributed by atoms with van der Waals surface area (Å²) in [6.07, 6.45) is 8.18. The van der Waals surface area contributed by atoms with Crippen LogP contribution in [0.25, 0.3) is 11.0 Å². The lowest BCUT2D eigenvalue weighted by atomic mass is 10.1. The fourth-order valence-electron chi connectivity index (χ4n) is 2.80. The van der Waals surface area contributed by atoms with Gasteiger partial charge < -0.3 is 10.3 Å². The highest BCUT2D eigenvalue weighted by molar-refractivity contribution is 7.15. The number of halogens is 1. The summed E-state index contributed by atoms with van der Waals surface area (Å²) in [5.74, 6) is 0. The van der Waals surface area contributed by atoms with Crippen molar-refractivity contribution in [1.82, 2.24) is 24.7 Å². The molecule has 0 aliphatic rings. The molecule has 0 bridgehead atoms. The van der Waals surface area contributed by atoms with Crippen LogP contribution in [0.3, 0.4) is 0 Å². The van der Waals surface area contributed by atoms with Gasteiger partial charge in [-0.1, -0.05) is 11.6 Å². The summed E-state index contributed by atoms with van der Waals surface area (Å²) in [7, 11) is 0. The zero-order valence-electron chi connectivity index (χ0n) is 13.7. The first kappa shape index (κ1) is 16.1. The lowest BCUT2D eigenvalue weighted by Gasteiger charge is -2.05. The van der Waals surface area contributed by atoms with Gasteiger partial charge in [-0.15, -0.1) is 11.3 Å². The number of pyridine rings is 1. The van der Waals surface area contributed by atoms with Crippen molar-refractivity contribution in [2.45, 2.75) is 26.4 Å². The Kier molecular flexibility index (Phi) is 4.42. The molecule has 0 unspecified atom stereocenters. The molecular formula is C17H17ClN6S. The Balaban J connectivity index is 1.46. The Morgan fingerprint density at radius 2 is 2.24 bits per heavy atom. The van der Waals surface area contributed by atoms with Crippen LogP contribution in [0.2, 0.25) is 5.02 Å². The second kappa shape index (κ2) is 6.85. The molecule has 0 aromatic carbocycles. The van der Waals surface area contributed by atoms with Gasteiger partial charge in [-0.25, -0.2) is 9.97 Å². The third-order valence-corrected chi connectivity index (χ3v) is 5.19. The number of hydrogen-bond donors (Lipinski definition) is 2. The number of nitrogens with one attached hydrogen (secondary N) is 2. The van der Waals surface area contributed by atoms with E-state index in [4.69, 9.17) is 11.6 Å². The number of H-pyrrole nitrogens is 1. The Morgan fingerprint density at radius 3 is 3.12 bits per heavy atom. The molecule has 4 aromatic heterocycles. The highest BCUT2D eigenvalue weighted by atomic mass is 35.5. The van der Waals surface area contributed by atoms with E-state index in [1.54, 1.807) is 17.5 Å². The van der Waals surface area contributed by atoms with Crippen molar-refractivity contribution >= 4 is 39.1 Å². The van der Waals surface area contributed by atoms with Gasteiger partial charge >= 0.3 is 0 Å². The minimum Gasteiger partial charge on any atom is -0.356 e. The number of aromatic nitrogens is 5. The molecule has 0 atom stereocenters. The summed E-state index contributed by atoms with van der Waals surface area (Å²) < 4.78 is 1.98. The third kappa shape index (κ3) is 3.38. The number of aromatic amines is 1. The first-order chi connectivity index (χ1) is 12.2. The highest BCUT2D eigenvalue weighted by Gasteiger charge is 2.09. The molecule has 4 aromatic rings. The zero-order valence-corrected chi connectivity index (χ0v) is 15.2. The topological polar surface area (TPSA) is 71.4 Å². The van der Waals surface area contributed by atoms with E-state index in [1.165, 1.54) is 10.4 Å². The molecule has 0 saturated carbocycles. The van der Waals surface area contributed by atoms with Crippen molar-refractivity contribution in [2.75, 3.05) is 5.32 Å². The van der Waals surface area contributed by atoms with Gasteiger partial charge in [-0.2, -0.15) is 5.10 Å². The second-order valence-electron chi connectivity index (χ2n) is 5.66. The molecule has 0 amide bonds. The fraction of sp³-hybridized carbons (Fsp3) is 0.235. The van der Waals surface area contributed by atoms with E-state index in [9.17, 15) is 0 Å². The summed E-state index contributed by atoms with van der Waals surface area (Å²) in [6, 6.07) is 3.97. The molecule has 0 fully saturated rings. The average Bonchev–Trinajstić information content (AvgIpc) is 3.33. The summed E-state index contributed by atoms with van der Waals surface area (Å²) >= 11 is 7.73. The molecule has 0 aliphatic heterocycles. The van der Waals surface area contributed by atoms with Crippen LogP contribution in [0.1, 0.15) is 23.1 Å². The highest BCUT2D eigenvalue weighted by Crippen LogP contribution is 2.26. The molecule has 25 heavy (non-hydrogen) atoms. The first-order valence-corrected chi connectivity index (χ1v) is 9.23. The summed E-state index contributed by atoms with van der Waals surface area (Å²) in [6.45, 7) is 3.66. The number of anilines is 1. The van der Waals surface area contributed by atoms with Crippen LogP contribution in [0, 0.1) is 0 Å². The van der Waals surface area contributed by atoms with Crippen molar-refractivity contribution in [2.24, 2.45) is 0 Å². The molecule has 8 heteroatoms. The lowest BCUT2D eigenvalue weighted by Crippen LogP contribution is -2.07. The minimum atomic E-state index is 0.646. The molecule has 0 radical (unpaired) electrons. The van der Waals surface area contributed by atoms with Gasteiger partial charge in [0.2, 0.25) is 0 Å². The zero-order chi connectivity index (χ0) is 17.2. The van der Waals surface area contributed by atoms with E-state index in [0.29, 0.717) is 11.6 Å². The van der Waals surface area contributed by atoms with Gasteiger partial charge in [0, 0.05) is 48.0 Å². The maximum Gasteiger partial charge on any atom is 0.183 e. The molecule has 6 nitrogen and oxygen atoms in total. The van der Waals surface area contributed by atoms with Gasteiger partial charge in [0.05, 0.1) is 17.3 Å². The van der Waals surface area contributed by atoms with Crippen molar-refractivity contribution in [3.63, 3.8) is 0 Å². The maximum absolute atomic E-state index is 6.07. The first-order valence-electron chi connectivity index (χ1n) is 8.03. The smallest absolute Gasteiger partial charge is 0.183 e. The Bertz CT molecular complexity index is 1000. The fourth-order valence-corrected chi connectivity index (χ4v) is 3.79. The Labute approximate surface area is 153 Å². The van der Waals surface area contributed by atoms with Gasteiger partial charge in [0.25, 0.3) is 0 Å². The lowest BCUT2D eigenvalue weighted by molar-refractivity contribution is 0.627. The molecule has 0 saturated heterocycles. The maximum atomic E-state index is 6.07. The van der Waals surface area contributed by atoms with E-state index < -0.39 is 0 Å². The molecule has 4 heterocycles. The molecular weight excluding hydrogens is 356 g/mol. The van der Waals surface area contributed by atoms with Gasteiger partial charge in [-0.05, 0) is 24.6 Å². The van der Waals surface area contributed by atoms with Crippen LogP contribution in [0.5, 0.6) is 0 Å². The molecule has 4 rings (SSSR count). The summed E-state index contributed by atoms with van der Waals surface area (Å²) in [5, 5.41) is 10.3.